The molecule has 1 N–H and O–H groups in total. The highest BCUT2D eigenvalue weighted by atomic mass is 16.5. The van der Waals surface area contributed by atoms with E-state index in [-0.39, 0.29) is 6.04 Å². The van der Waals surface area contributed by atoms with E-state index in [2.05, 4.69) is 18.3 Å². The number of nitrogens with one attached hydrogen (secondary N) is 1. The van der Waals surface area contributed by atoms with Crippen molar-refractivity contribution in [2.24, 2.45) is 0 Å². The first-order valence-corrected chi connectivity index (χ1v) is 3.97. The first kappa shape index (κ1) is 10.4. The van der Waals surface area contributed by atoms with Gasteiger partial charge >= 0.3 is 0 Å². The Labute approximate surface area is 68.3 Å². The van der Waals surface area contributed by atoms with E-state index < -0.39 is 0 Å². The summed E-state index contributed by atoms with van der Waals surface area (Å²) in [6, 6.07) is 2.19. The molecule has 3 heteroatoms. The number of nitrogens with zero attached hydrogens (tertiary/aromatic N) is 1. The fourth-order valence-corrected chi connectivity index (χ4v) is 0.836. The van der Waals surface area contributed by atoms with Gasteiger partial charge in [0.1, 0.15) is 0 Å². The molecule has 0 fully saturated rings. The van der Waals surface area contributed by atoms with Gasteiger partial charge in [0.05, 0.1) is 18.7 Å². The maximum absolute atomic E-state index is 8.60. The van der Waals surface area contributed by atoms with Crippen LogP contribution in [0.3, 0.4) is 0 Å². The summed E-state index contributed by atoms with van der Waals surface area (Å²) in [6.45, 7) is 3.50. The first-order chi connectivity index (χ1) is 5.35. The van der Waals surface area contributed by atoms with Crippen molar-refractivity contribution < 1.29 is 4.74 Å². The third kappa shape index (κ3) is 5.84. The number of methoxy groups -OCH3 is 1. The highest BCUT2D eigenvalue weighted by Gasteiger charge is 2.02. The monoisotopic (exact) mass is 156 g/mol. The highest BCUT2D eigenvalue weighted by molar-refractivity contribution is 4.88. The molecule has 0 saturated carbocycles. The fourth-order valence-electron chi connectivity index (χ4n) is 0.836. The standard InChI is InChI=1S/C8H16N2O/c1-3-4-8(7-9)10-5-6-11-2/h8,10H,3-6H2,1-2H3. The summed E-state index contributed by atoms with van der Waals surface area (Å²) in [5, 5.41) is 11.7. The molecule has 0 aromatic carbocycles. The Bertz CT molecular complexity index is 120. The van der Waals surface area contributed by atoms with Gasteiger partial charge in [-0.1, -0.05) is 13.3 Å². The summed E-state index contributed by atoms with van der Waals surface area (Å²) in [5.74, 6) is 0. The number of ether oxygens (including phenoxy) is 1. The lowest BCUT2D eigenvalue weighted by Crippen LogP contribution is -2.30. The SMILES string of the molecule is CCCC(C#N)NCCOC. The molecule has 1 atom stereocenters. The summed E-state index contributed by atoms with van der Waals surface area (Å²) >= 11 is 0. The van der Waals surface area contributed by atoms with Crippen molar-refractivity contribution in [3.8, 4) is 6.07 Å². The lowest BCUT2D eigenvalue weighted by atomic mass is 10.2. The van der Waals surface area contributed by atoms with Gasteiger partial charge in [0.2, 0.25) is 0 Å². The van der Waals surface area contributed by atoms with Gasteiger partial charge in [-0.3, -0.25) is 5.32 Å². The molecule has 0 aliphatic carbocycles. The van der Waals surface area contributed by atoms with Crippen molar-refractivity contribution in [2.45, 2.75) is 25.8 Å². The normalized spacial score (nSPS) is 12.5. The van der Waals surface area contributed by atoms with E-state index in [4.69, 9.17) is 10.00 Å². The third-order valence-electron chi connectivity index (χ3n) is 1.43. The number of rotatable bonds is 6. The third-order valence-corrected chi connectivity index (χ3v) is 1.43. The molecular formula is C8H16N2O. The Kier molecular flexibility index (Phi) is 7.11. The van der Waals surface area contributed by atoms with Gasteiger partial charge in [-0.05, 0) is 6.42 Å². The van der Waals surface area contributed by atoms with Crippen LogP contribution in [0.4, 0.5) is 0 Å². The van der Waals surface area contributed by atoms with Crippen molar-refractivity contribution >= 4 is 0 Å². The van der Waals surface area contributed by atoms with Crippen LogP contribution in [0, 0.1) is 11.3 Å². The van der Waals surface area contributed by atoms with Crippen molar-refractivity contribution in [3.05, 3.63) is 0 Å². The average molecular weight is 156 g/mol. The van der Waals surface area contributed by atoms with E-state index in [1.165, 1.54) is 0 Å². The summed E-state index contributed by atoms with van der Waals surface area (Å²) in [5.41, 5.74) is 0. The zero-order valence-corrected chi connectivity index (χ0v) is 7.26. The lowest BCUT2D eigenvalue weighted by molar-refractivity contribution is 0.197. The lowest BCUT2D eigenvalue weighted by Gasteiger charge is -2.08. The van der Waals surface area contributed by atoms with Crippen molar-refractivity contribution in [3.63, 3.8) is 0 Å². The first-order valence-electron chi connectivity index (χ1n) is 3.97. The summed E-state index contributed by atoms with van der Waals surface area (Å²) in [4.78, 5) is 0. The molecule has 11 heavy (non-hydrogen) atoms. The van der Waals surface area contributed by atoms with E-state index in [9.17, 15) is 0 Å². The number of nitriles is 1. The van der Waals surface area contributed by atoms with Gasteiger partial charge in [-0.15, -0.1) is 0 Å². The molecule has 0 aromatic heterocycles. The molecule has 64 valence electrons. The second-order valence-corrected chi connectivity index (χ2v) is 2.42. The van der Waals surface area contributed by atoms with Gasteiger partial charge in [0.25, 0.3) is 0 Å². The minimum Gasteiger partial charge on any atom is -0.383 e. The molecule has 0 spiro atoms. The van der Waals surface area contributed by atoms with Crippen LogP contribution in [-0.2, 0) is 4.74 Å². The molecule has 0 amide bonds. The van der Waals surface area contributed by atoms with Crippen LogP contribution >= 0.6 is 0 Å². The fraction of sp³-hybridized carbons (Fsp3) is 0.875. The van der Waals surface area contributed by atoms with Crippen molar-refractivity contribution in [1.82, 2.24) is 5.32 Å². The van der Waals surface area contributed by atoms with Crippen LogP contribution in [0.5, 0.6) is 0 Å². The minimum absolute atomic E-state index is 0.00449. The van der Waals surface area contributed by atoms with E-state index in [0.29, 0.717) is 6.61 Å². The Morgan fingerprint density at radius 2 is 2.36 bits per heavy atom. The predicted molar refractivity (Wildman–Crippen MR) is 44.2 cm³/mol. The zero-order chi connectivity index (χ0) is 8.53. The van der Waals surface area contributed by atoms with Crippen LogP contribution in [0.25, 0.3) is 0 Å². The smallest absolute Gasteiger partial charge is 0.0953 e. The summed E-state index contributed by atoms with van der Waals surface area (Å²) in [6.07, 6.45) is 1.96. The molecule has 0 aliphatic heterocycles. The number of hydrogen-bond acceptors (Lipinski definition) is 3. The maximum atomic E-state index is 8.60. The highest BCUT2D eigenvalue weighted by Crippen LogP contribution is 1.93. The van der Waals surface area contributed by atoms with Gasteiger partial charge in [-0.25, -0.2) is 0 Å². The predicted octanol–water partition coefficient (Wildman–Crippen LogP) is 0.915. The summed E-state index contributed by atoms with van der Waals surface area (Å²) in [7, 11) is 1.66. The Balaban J connectivity index is 3.30. The van der Waals surface area contributed by atoms with E-state index in [0.717, 1.165) is 19.4 Å². The second-order valence-electron chi connectivity index (χ2n) is 2.42. The quantitative estimate of drug-likeness (QED) is 0.581. The van der Waals surface area contributed by atoms with Crippen LogP contribution in [0.15, 0.2) is 0 Å². The average Bonchev–Trinajstić information content (AvgIpc) is 2.03. The Morgan fingerprint density at radius 1 is 1.64 bits per heavy atom. The van der Waals surface area contributed by atoms with Gasteiger partial charge in [-0.2, -0.15) is 5.26 Å². The van der Waals surface area contributed by atoms with Crippen LogP contribution in [0.1, 0.15) is 19.8 Å². The molecule has 0 heterocycles. The second kappa shape index (κ2) is 7.52. The molecule has 1 unspecified atom stereocenters. The van der Waals surface area contributed by atoms with E-state index >= 15 is 0 Å². The topological polar surface area (TPSA) is 45.0 Å². The number of hydrogen-bond donors (Lipinski definition) is 1. The van der Waals surface area contributed by atoms with Gasteiger partial charge in [0, 0.05) is 13.7 Å². The Morgan fingerprint density at radius 3 is 2.82 bits per heavy atom. The Hall–Kier alpha value is -0.590. The van der Waals surface area contributed by atoms with Gasteiger partial charge in [0.15, 0.2) is 0 Å². The molecule has 0 radical (unpaired) electrons. The molecular weight excluding hydrogens is 140 g/mol. The maximum Gasteiger partial charge on any atom is 0.0953 e. The summed E-state index contributed by atoms with van der Waals surface area (Å²) < 4.78 is 4.84. The molecule has 0 bridgehead atoms. The van der Waals surface area contributed by atoms with Crippen molar-refractivity contribution in [2.75, 3.05) is 20.3 Å². The van der Waals surface area contributed by atoms with Crippen LogP contribution < -0.4 is 5.32 Å². The van der Waals surface area contributed by atoms with Crippen molar-refractivity contribution in [1.29, 1.82) is 5.26 Å². The largest absolute Gasteiger partial charge is 0.383 e. The molecule has 0 saturated heterocycles. The molecule has 3 nitrogen and oxygen atoms in total. The van der Waals surface area contributed by atoms with E-state index in [1.807, 2.05) is 0 Å². The van der Waals surface area contributed by atoms with E-state index in [1.54, 1.807) is 7.11 Å². The minimum atomic E-state index is -0.00449. The molecule has 0 rings (SSSR count). The zero-order valence-electron chi connectivity index (χ0n) is 7.26. The molecule has 0 aromatic rings. The van der Waals surface area contributed by atoms with Crippen LogP contribution in [-0.4, -0.2) is 26.3 Å². The van der Waals surface area contributed by atoms with Gasteiger partial charge < -0.3 is 4.74 Å². The molecule has 0 aliphatic rings. The van der Waals surface area contributed by atoms with Crippen LogP contribution in [0.2, 0.25) is 0 Å².